The third-order valence-corrected chi connectivity index (χ3v) is 3.01. The van der Waals surface area contributed by atoms with E-state index in [1.165, 1.54) is 0 Å². The normalized spacial score (nSPS) is 29.7. The molecule has 1 nitrogen and oxygen atoms in total. The second-order valence-corrected chi connectivity index (χ2v) is 4.11. The molecule has 0 aromatic rings. The fourth-order valence-electron chi connectivity index (χ4n) is 2.33. The van der Waals surface area contributed by atoms with Gasteiger partial charge in [0, 0.05) is 11.6 Å². The van der Waals surface area contributed by atoms with Crippen molar-refractivity contribution in [2.75, 3.05) is 0 Å². The van der Waals surface area contributed by atoms with Gasteiger partial charge in [0.1, 0.15) is 0 Å². The highest BCUT2D eigenvalue weighted by Gasteiger charge is 2.54. The second kappa shape index (κ2) is 2.23. The summed E-state index contributed by atoms with van der Waals surface area (Å²) in [5.74, 6) is 1.53. The molecule has 1 fully saturated rings. The van der Waals surface area contributed by atoms with Crippen LogP contribution in [0.15, 0.2) is 0 Å². The quantitative estimate of drug-likeness (QED) is 0.584. The summed E-state index contributed by atoms with van der Waals surface area (Å²) in [5.41, 5.74) is 0.458. The average Bonchev–Trinajstić information content (AvgIpc) is 2.42. The summed E-state index contributed by atoms with van der Waals surface area (Å²) in [6.45, 7) is 11.5. The van der Waals surface area contributed by atoms with Crippen molar-refractivity contribution in [2.24, 2.45) is 11.8 Å². The molecule has 1 heterocycles. The molecule has 0 aromatic heterocycles. The van der Waals surface area contributed by atoms with Crippen molar-refractivity contribution in [1.82, 2.24) is 5.32 Å². The standard InChI is InChI=1S/C9H19N/c1-6(2)9(7(3)4)8(5)10-9/h6-8,10H,1-5H3. The fourth-order valence-corrected chi connectivity index (χ4v) is 2.33. The van der Waals surface area contributed by atoms with E-state index >= 15 is 0 Å². The number of nitrogens with one attached hydrogen (secondary N) is 1. The Morgan fingerprint density at radius 3 is 1.40 bits per heavy atom. The Kier molecular flexibility index (Phi) is 1.80. The van der Waals surface area contributed by atoms with Crippen molar-refractivity contribution in [1.29, 1.82) is 0 Å². The van der Waals surface area contributed by atoms with Crippen LogP contribution in [0.25, 0.3) is 0 Å². The minimum atomic E-state index is 0.458. The van der Waals surface area contributed by atoms with Gasteiger partial charge >= 0.3 is 0 Å². The van der Waals surface area contributed by atoms with Crippen LogP contribution >= 0.6 is 0 Å². The number of rotatable bonds is 2. The van der Waals surface area contributed by atoms with E-state index in [0.717, 1.165) is 17.9 Å². The number of hydrogen-bond donors (Lipinski definition) is 1. The zero-order chi connectivity index (χ0) is 7.94. The van der Waals surface area contributed by atoms with Crippen molar-refractivity contribution in [3.05, 3.63) is 0 Å². The van der Waals surface area contributed by atoms with Crippen LogP contribution < -0.4 is 5.32 Å². The van der Waals surface area contributed by atoms with Gasteiger partial charge in [0.25, 0.3) is 0 Å². The van der Waals surface area contributed by atoms with Crippen molar-refractivity contribution < 1.29 is 0 Å². The molecule has 0 aromatic carbocycles. The van der Waals surface area contributed by atoms with Gasteiger partial charge in [-0.1, -0.05) is 27.7 Å². The predicted molar refractivity (Wildman–Crippen MR) is 45.0 cm³/mol. The topological polar surface area (TPSA) is 21.9 Å². The highest BCUT2D eigenvalue weighted by molar-refractivity contribution is 5.15. The summed E-state index contributed by atoms with van der Waals surface area (Å²) >= 11 is 0. The third-order valence-electron chi connectivity index (χ3n) is 3.01. The summed E-state index contributed by atoms with van der Waals surface area (Å²) in [6, 6.07) is 0.729. The lowest BCUT2D eigenvalue weighted by Crippen LogP contribution is -2.30. The van der Waals surface area contributed by atoms with Crippen LogP contribution in [0.2, 0.25) is 0 Å². The molecule has 0 amide bonds. The Morgan fingerprint density at radius 2 is 1.40 bits per heavy atom. The molecule has 1 aliphatic heterocycles. The second-order valence-electron chi connectivity index (χ2n) is 4.11. The summed E-state index contributed by atoms with van der Waals surface area (Å²) in [6.07, 6.45) is 0. The van der Waals surface area contributed by atoms with Crippen molar-refractivity contribution in [3.63, 3.8) is 0 Å². The van der Waals surface area contributed by atoms with E-state index in [9.17, 15) is 0 Å². The van der Waals surface area contributed by atoms with E-state index in [2.05, 4.69) is 39.9 Å². The van der Waals surface area contributed by atoms with Crippen LogP contribution in [0.5, 0.6) is 0 Å². The Hall–Kier alpha value is -0.0400. The van der Waals surface area contributed by atoms with Crippen LogP contribution in [-0.2, 0) is 0 Å². The minimum Gasteiger partial charge on any atom is -0.305 e. The van der Waals surface area contributed by atoms with Crippen LogP contribution in [0.3, 0.4) is 0 Å². The van der Waals surface area contributed by atoms with Crippen molar-refractivity contribution in [2.45, 2.75) is 46.2 Å². The third kappa shape index (κ3) is 0.878. The largest absolute Gasteiger partial charge is 0.305 e. The molecule has 0 saturated carbocycles. The zero-order valence-corrected chi connectivity index (χ0v) is 7.73. The zero-order valence-electron chi connectivity index (χ0n) is 7.73. The van der Waals surface area contributed by atoms with Gasteiger partial charge < -0.3 is 5.32 Å². The lowest BCUT2D eigenvalue weighted by molar-refractivity contribution is 0.337. The van der Waals surface area contributed by atoms with Gasteiger partial charge in [-0.3, -0.25) is 0 Å². The van der Waals surface area contributed by atoms with Gasteiger partial charge in [-0.05, 0) is 18.8 Å². The molecule has 0 radical (unpaired) electrons. The Labute approximate surface area is 64.2 Å². The molecular formula is C9H19N. The van der Waals surface area contributed by atoms with E-state index in [0.29, 0.717) is 5.54 Å². The molecule has 1 atom stereocenters. The summed E-state index contributed by atoms with van der Waals surface area (Å²) < 4.78 is 0. The lowest BCUT2D eigenvalue weighted by Gasteiger charge is -2.23. The maximum atomic E-state index is 3.54. The summed E-state index contributed by atoms with van der Waals surface area (Å²) in [4.78, 5) is 0. The van der Waals surface area contributed by atoms with Crippen LogP contribution in [0.1, 0.15) is 34.6 Å². The maximum Gasteiger partial charge on any atom is 0.0381 e. The molecule has 0 aliphatic carbocycles. The molecule has 1 aliphatic rings. The molecule has 1 heteroatoms. The Balaban J connectivity index is 2.64. The first-order valence-electron chi connectivity index (χ1n) is 4.29. The van der Waals surface area contributed by atoms with Crippen LogP contribution in [0.4, 0.5) is 0 Å². The smallest absolute Gasteiger partial charge is 0.0381 e. The van der Waals surface area contributed by atoms with E-state index in [4.69, 9.17) is 0 Å². The highest BCUT2D eigenvalue weighted by atomic mass is 15.2. The Bertz CT molecular complexity index is 119. The molecule has 60 valence electrons. The van der Waals surface area contributed by atoms with Gasteiger partial charge in [-0.25, -0.2) is 0 Å². The van der Waals surface area contributed by atoms with Crippen LogP contribution in [-0.4, -0.2) is 11.6 Å². The van der Waals surface area contributed by atoms with Gasteiger partial charge in [0.15, 0.2) is 0 Å². The van der Waals surface area contributed by atoms with Gasteiger partial charge in [0.05, 0.1) is 0 Å². The maximum absolute atomic E-state index is 3.54. The van der Waals surface area contributed by atoms with E-state index in [1.54, 1.807) is 0 Å². The molecule has 1 rings (SSSR count). The van der Waals surface area contributed by atoms with E-state index < -0.39 is 0 Å². The monoisotopic (exact) mass is 141 g/mol. The molecule has 10 heavy (non-hydrogen) atoms. The highest BCUT2D eigenvalue weighted by Crippen LogP contribution is 2.40. The number of hydrogen-bond acceptors (Lipinski definition) is 1. The molecular weight excluding hydrogens is 122 g/mol. The van der Waals surface area contributed by atoms with E-state index in [-0.39, 0.29) is 0 Å². The first-order valence-corrected chi connectivity index (χ1v) is 4.29. The minimum absolute atomic E-state index is 0.458. The molecule has 1 saturated heterocycles. The Morgan fingerprint density at radius 1 is 1.10 bits per heavy atom. The average molecular weight is 141 g/mol. The summed E-state index contributed by atoms with van der Waals surface area (Å²) in [7, 11) is 0. The molecule has 1 N–H and O–H groups in total. The first-order chi connectivity index (χ1) is 4.51. The SMILES string of the molecule is CC(C)C1(C(C)C)NC1C. The predicted octanol–water partition coefficient (Wildman–Crippen LogP) is 2.03. The first kappa shape index (κ1) is 8.06. The fraction of sp³-hybridized carbons (Fsp3) is 1.00. The molecule has 0 spiro atoms. The lowest BCUT2D eigenvalue weighted by atomic mass is 9.82. The van der Waals surface area contributed by atoms with Gasteiger partial charge in [0.2, 0.25) is 0 Å². The van der Waals surface area contributed by atoms with Gasteiger partial charge in [-0.15, -0.1) is 0 Å². The van der Waals surface area contributed by atoms with Crippen molar-refractivity contribution in [3.8, 4) is 0 Å². The molecule has 1 unspecified atom stereocenters. The summed E-state index contributed by atoms with van der Waals surface area (Å²) in [5, 5.41) is 3.54. The van der Waals surface area contributed by atoms with Crippen molar-refractivity contribution >= 4 is 0 Å². The molecule has 0 bridgehead atoms. The van der Waals surface area contributed by atoms with E-state index in [1.807, 2.05) is 0 Å². The van der Waals surface area contributed by atoms with Crippen LogP contribution in [0, 0.1) is 11.8 Å². The van der Waals surface area contributed by atoms with Gasteiger partial charge in [-0.2, -0.15) is 0 Å².